The van der Waals surface area contributed by atoms with E-state index >= 15 is 0 Å². The van der Waals surface area contributed by atoms with Crippen LogP contribution in [0.3, 0.4) is 0 Å². The number of nitrogens with zero attached hydrogens (tertiary/aromatic N) is 3. The molecular weight excluding hydrogens is 183 g/mol. The van der Waals surface area contributed by atoms with Gasteiger partial charge in [0.25, 0.3) is 0 Å². The molecule has 0 aliphatic carbocycles. The lowest BCUT2D eigenvalue weighted by Gasteiger charge is -2.16. The van der Waals surface area contributed by atoms with Crippen LogP contribution in [0.25, 0.3) is 0 Å². The lowest BCUT2D eigenvalue weighted by molar-refractivity contribution is 0.609. The Kier molecular flexibility index (Phi) is 3.62. The van der Waals surface area contributed by atoms with Gasteiger partial charge in [-0.05, 0) is 13.8 Å². The van der Waals surface area contributed by atoms with E-state index in [0.717, 1.165) is 6.54 Å². The second-order valence-corrected chi connectivity index (χ2v) is 2.91. The van der Waals surface area contributed by atoms with Crippen LogP contribution in [0.5, 0.6) is 0 Å². The van der Waals surface area contributed by atoms with Gasteiger partial charge in [-0.3, -0.25) is 0 Å². The van der Waals surface area contributed by atoms with Crippen LogP contribution in [0.15, 0.2) is 6.20 Å². The summed E-state index contributed by atoms with van der Waals surface area (Å²) in [5.41, 5.74) is 0. The number of anilines is 2. The third kappa shape index (κ3) is 2.31. The molecule has 0 aliphatic rings. The highest BCUT2D eigenvalue weighted by Gasteiger charge is 2.09. The molecule has 5 heteroatoms. The molecule has 0 amide bonds. The fourth-order valence-electron chi connectivity index (χ4n) is 1.02. The van der Waals surface area contributed by atoms with Crippen molar-refractivity contribution in [2.24, 2.45) is 0 Å². The number of hydrogen-bond donors (Lipinski definition) is 1. The van der Waals surface area contributed by atoms with Gasteiger partial charge in [0, 0.05) is 20.1 Å². The zero-order chi connectivity index (χ0) is 10.6. The molecule has 0 saturated heterocycles. The molecule has 0 fully saturated rings. The molecule has 0 bridgehead atoms. The summed E-state index contributed by atoms with van der Waals surface area (Å²) in [5.74, 6) is 0.402. The number of nitrogens with one attached hydrogen (secondary N) is 1. The van der Waals surface area contributed by atoms with Crippen molar-refractivity contribution in [3.8, 4) is 0 Å². The SMILES string of the molecule is CCNc1ncc(F)c(N(C)CC)n1. The van der Waals surface area contributed by atoms with Crippen LogP contribution in [0.4, 0.5) is 16.2 Å². The van der Waals surface area contributed by atoms with Crippen LogP contribution in [0.1, 0.15) is 13.8 Å². The minimum Gasteiger partial charge on any atom is -0.357 e. The molecule has 0 radical (unpaired) electrons. The lowest BCUT2D eigenvalue weighted by Crippen LogP contribution is -2.19. The topological polar surface area (TPSA) is 41.1 Å². The molecule has 1 aromatic heterocycles. The van der Waals surface area contributed by atoms with Crippen LogP contribution in [-0.4, -0.2) is 30.1 Å². The van der Waals surface area contributed by atoms with Crippen molar-refractivity contribution in [3.05, 3.63) is 12.0 Å². The first-order valence-electron chi connectivity index (χ1n) is 4.66. The first-order chi connectivity index (χ1) is 6.69. The second kappa shape index (κ2) is 4.74. The predicted octanol–water partition coefficient (Wildman–Crippen LogP) is 1.50. The Morgan fingerprint density at radius 3 is 2.79 bits per heavy atom. The first kappa shape index (κ1) is 10.7. The molecule has 0 aromatic carbocycles. The van der Waals surface area contributed by atoms with Crippen LogP contribution >= 0.6 is 0 Å². The van der Waals surface area contributed by atoms with E-state index in [1.54, 1.807) is 11.9 Å². The Morgan fingerprint density at radius 1 is 1.50 bits per heavy atom. The average Bonchev–Trinajstić information content (AvgIpc) is 2.20. The van der Waals surface area contributed by atoms with E-state index in [1.807, 2.05) is 13.8 Å². The summed E-state index contributed by atoms with van der Waals surface area (Å²) in [5, 5.41) is 2.94. The van der Waals surface area contributed by atoms with Crippen molar-refractivity contribution in [1.29, 1.82) is 0 Å². The van der Waals surface area contributed by atoms with Gasteiger partial charge in [-0.1, -0.05) is 0 Å². The van der Waals surface area contributed by atoms with Gasteiger partial charge in [-0.15, -0.1) is 0 Å². The Bertz CT molecular complexity index is 303. The van der Waals surface area contributed by atoms with Crippen molar-refractivity contribution in [1.82, 2.24) is 9.97 Å². The maximum absolute atomic E-state index is 13.3. The van der Waals surface area contributed by atoms with E-state index < -0.39 is 5.82 Å². The Labute approximate surface area is 83.2 Å². The van der Waals surface area contributed by atoms with Crippen molar-refractivity contribution in [2.45, 2.75) is 13.8 Å². The Hall–Kier alpha value is -1.39. The summed E-state index contributed by atoms with van der Waals surface area (Å²) >= 11 is 0. The van der Waals surface area contributed by atoms with Crippen molar-refractivity contribution < 1.29 is 4.39 Å². The number of rotatable bonds is 4. The van der Waals surface area contributed by atoms with Gasteiger partial charge in [0.1, 0.15) is 0 Å². The fraction of sp³-hybridized carbons (Fsp3) is 0.556. The monoisotopic (exact) mass is 198 g/mol. The van der Waals surface area contributed by atoms with E-state index in [2.05, 4.69) is 15.3 Å². The third-order valence-electron chi connectivity index (χ3n) is 1.90. The Balaban J connectivity index is 2.95. The van der Waals surface area contributed by atoms with Crippen LogP contribution in [-0.2, 0) is 0 Å². The molecule has 1 rings (SSSR count). The molecule has 1 aromatic rings. The second-order valence-electron chi connectivity index (χ2n) is 2.91. The largest absolute Gasteiger partial charge is 0.357 e. The summed E-state index contributed by atoms with van der Waals surface area (Å²) in [6, 6.07) is 0. The van der Waals surface area contributed by atoms with Crippen molar-refractivity contribution in [2.75, 3.05) is 30.4 Å². The smallest absolute Gasteiger partial charge is 0.224 e. The summed E-state index contributed by atoms with van der Waals surface area (Å²) in [4.78, 5) is 9.62. The van der Waals surface area contributed by atoms with E-state index in [0.29, 0.717) is 18.3 Å². The van der Waals surface area contributed by atoms with E-state index in [9.17, 15) is 4.39 Å². The molecule has 78 valence electrons. The van der Waals surface area contributed by atoms with Gasteiger partial charge < -0.3 is 10.2 Å². The average molecular weight is 198 g/mol. The zero-order valence-electron chi connectivity index (χ0n) is 8.71. The highest BCUT2D eigenvalue weighted by molar-refractivity contribution is 5.42. The predicted molar refractivity (Wildman–Crippen MR) is 55.1 cm³/mol. The van der Waals surface area contributed by atoms with Crippen LogP contribution in [0.2, 0.25) is 0 Å². The molecule has 14 heavy (non-hydrogen) atoms. The molecule has 4 nitrogen and oxygen atoms in total. The van der Waals surface area contributed by atoms with Crippen LogP contribution in [0, 0.1) is 5.82 Å². The molecule has 0 saturated carbocycles. The van der Waals surface area contributed by atoms with Crippen LogP contribution < -0.4 is 10.2 Å². The summed E-state index contributed by atoms with van der Waals surface area (Å²) in [6.07, 6.45) is 1.19. The highest BCUT2D eigenvalue weighted by atomic mass is 19.1. The van der Waals surface area contributed by atoms with Gasteiger partial charge in [-0.2, -0.15) is 4.98 Å². The third-order valence-corrected chi connectivity index (χ3v) is 1.90. The summed E-state index contributed by atoms with van der Waals surface area (Å²) in [7, 11) is 1.79. The molecule has 0 spiro atoms. The van der Waals surface area contributed by atoms with Gasteiger partial charge in [-0.25, -0.2) is 9.37 Å². The molecule has 0 aliphatic heterocycles. The quantitative estimate of drug-likeness (QED) is 0.796. The highest BCUT2D eigenvalue weighted by Crippen LogP contribution is 2.15. The maximum atomic E-state index is 13.3. The van der Waals surface area contributed by atoms with Crippen molar-refractivity contribution in [3.63, 3.8) is 0 Å². The molecular formula is C9H15FN4. The number of aromatic nitrogens is 2. The Morgan fingerprint density at radius 2 is 2.21 bits per heavy atom. The van der Waals surface area contributed by atoms with E-state index in [-0.39, 0.29) is 0 Å². The first-order valence-corrected chi connectivity index (χ1v) is 4.66. The van der Waals surface area contributed by atoms with Gasteiger partial charge >= 0.3 is 0 Å². The van der Waals surface area contributed by atoms with Gasteiger partial charge in [0.15, 0.2) is 11.6 Å². The summed E-state index contributed by atoms with van der Waals surface area (Å²) < 4.78 is 13.3. The maximum Gasteiger partial charge on any atom is 0.224 e. The molecule has 0 atom stereocenters. The molecule has 1 heterocycles. The molecule has 1 N–H and O–H groups in total. The zero-order valence-corrected chi connectivity index (χ0v) is 8.71. The van der Waals surface area contributed by atoms with E-state index in [1.165, 1.54) is 6.20 Å². The minimum absolute atomic E-state index is 0.332. The minimum atomic E-state index is -0.393. The fourth-order valence-corrected chi connectivity index (χ4v) is 1.02. The standard InChI is InChI=1S/C9H15FN4/c1-4-11-9-12-6-7(10)8(13-9)14(3)5-2/h6H,4-5H2,1-3H3,(H,11,12,13). The van der Waals surface area contributed by atoms with Crippen molar-refractivity contribution >= 4 is 11.8 Å². The number of halogens is 1. The van der Waals surface area contributed by atoms with E-state index in [4.69, 9.17) is 0 Å². The van der Waals surface area contributed by atoms with Gasteiger partial charge in [0.2, 0.25) is 5.95 Å². The normalized spacial score (nSPS) is 10.0. The van der Waals surface area contributed by atoms with Gasteiger partial charge in [0.05, 0.1) is 6.20 Å². The number of hydrogen-bond acceptors (Lipinski definition) is 4. The molecule has 0 unspecified atom stereocenters. The lowest BCUT2D eigenvalue weighted by atomic mass is 10.5. The summed E-state index contributed by atoms with van der Waals surface area (Å²) in [6.45, 7) is 5.31.